The lowest BCUT2D eigenvalue weighted by molar-refractivity contribution is 0.590. The Morgan fingerprint density at radius 3 is 1.82 bits per heavy atom. The zero-order valence-corrected chi connectivity index (χ0v) is 24.1. The van der Waals surface area contributed by atoms with Crippen molar-refractivity contribution >= 4 is 28.1 Å². The largest absolute Gasteiger partial charge is 0.212 e. The van der Waals surface area contributed by atoms with Crippen LogP contribution in [0.3, 0.4) is 0 Å². The molecule has 4 rings (SSSR count). The van der Waals surface area contributed by atoms with Crippen molar-refractivity contribution in [2.75, 3.05) is 0 Å². The van der Waals surface area contributed by atoms with Gasteiger partial charge in [-0.1, -0.05) is 128 Å². The highest BCUT2D eigenvalue weighted by atomic mass is 79.9. The standard InChI is InChI=1S/C34H34BrN3/c1-6-9-24-12-16-27(17-13-24)32-36-31(37-33(38-32)28-18-22-30(35)23-19-28)26(7-2)11-8-10-25-14-20-29(21-15-25)34(3,4)5/h6-10,12-23,26H,2,11H2,1,3-5H3/b9-6+,10-8+. The quantitative estimate of drug-likeness (QED) is 0.200. The van der Waals surface area contributed by atoms with Gasteiger partial charge in [-0.15, -0.1) is 6.58 Å². The third-order valence-corrected chi connectivity index (χ3v) is 6.90. The molecule has 1 unspecified atom stereocenters. The van der Waals surface area contributed by atoms with Crippen molar-refractivity contribution in [3.8, 4) is 22.8 Å². The number of hydrogen-bond donors (Lipinski definition) is 0. The topological polar surface area (TPSA) is 38.7 Å². The molecule has 1 aromatic heterocycles. The van der Waals surface area contributed by atoms with Crippen LogP contribution in [0.25, 0.3) is 34.9 Å². The van der Waals surface area contributed by atoms with Crippen molar-refractivity contribution in [2.24, 2.45) is 0 Å². The van der Waals surface area contributed by atoms with Gasteiger partial charge in [0.05, 0.1) is 0 Å². The van der Waals surface area contributed by atoms with Crippen LogP contribution < -0.4 is 0 Å². The highest BCUT2D eigenvalue weighted by Gasteiger charge is 2.16. The van der Waals surface area contributed by atoms with E-state index in [1.165, 1.54) is 11.1 Å². The maximum atomic E-state index is 4.90. The van der Waals surface area contributed by atoms with E-state index in [2.05, 4.69) is 110 Å². The van der Waals surface area contributed by atoms with Gasteiger partial charge in [0.2, 0.25) is 0 Å². The molecule has 0 N–H and O–H groups in total. The van der Waals surface area contributed by atoms with Gasteiger partial charge in [-0.2, -0.15) is 0 Å². The lowest BCUT2D eigenvalue weighted by Crippen LogP contribution is -2.10. The summed E-state index contributed by atoms with van der Waals surface area (Å²) in [5, 5.41) is 0. The molecule has 0 saturated heterocycles. The first kappa shape index (κ1) is 27.4. The zero-order chi connectivity index (χ0) is 27.1. The molecule has 0 amide bonds. The fraction of sp³-hybridized carbons (Fsp3) is 0.206. The molecule has 0 aliphatic carbocycles. The van der Waals surface area contributed by atoms with Crippen LogP contribution in [0.5, 0.6) is 0 Å². The predicted octanol–water partition coefficient (Wildman–Crippen LogP) is 9.67. The summed E-state index contributed by atoms with van der Waals surface area (Å²) >= 11 is 3.52. The number of nitrogens with zero attached hydrogens (tertiary/aromatic N) is 3. The Morgan fingerprint density at radius 2 is 1.29 bits per heavy atom. The van der Waals surface area contributed by atoms with Gasteiger partial charge in [0.1, 0.15) is 5.82 Å². The minimum atomic E-state index is -0.0432. The maximum Gasteiger partial charge on any atom is 0.163 e. The summed E-state index contributed by atoms with van der Waals surface area (Å²) in [6, 6.07) is 25.1. The van der Waals surface area contributed by atoms with Gasteiger partial charge >= 0.3 is 0 Å². The summed E-state index contributed by atoms with van der Waals surface area (Å²) in [7, 11) is 0. The van der Waals surface area contributed by atoms with Gasteiger partial charge < -0.3 is 0 Å². The van der Waals surface area contributed by atoms with Gasteiger partial charge in [0.25, 0.3) is 0 Å². The van der Waals surface area contributed by atoms with Gasteiger partial charge in [-0.3, -0.25) is 0 Å². The maximum absolute atomic E-state index is 4.90. The molecule has 0 spiro atoms. The molecule has 0 saturated carbocycles. The molecule has 192 valence electrons. The van der Waals surface area contributed by atoms with Crippen LogP contribution in [-0.4, -0.2) is 15.0 Å². The van der Waals surface area contributed by atoms with Crippen molar-refractivity contribution in [1.29, 1.82) is 0 Å². The summed E-state index contributed by atoms with van der Waals surface area (Å²) < 4.78 is 1.01. The Labute approximate surface area is 235 Å². The second-order valence-corrected chi connectivity index (χ2v) is 11.2. The minimum Gasteiger partial charge on any atom is -0.212 e. The Morgan fingerprint density at radius 1 is 0.763 bits per heavy atom. The molecule has 4 aromatic rings. The van der Waals surface area contributed by atoms with E-state index in [0.29, 0.717) is 17.5 Å². The SMILES string of the molecule is C=CC(C/C=C/c1ccc(C(C)(C)C)cc1)c1nc(-c2ccc(Br)cc2)nc(-c2ccc(/C=C/C)cc2)n1. The lowest BCUT2D eigenvalue weighted by atomic mass is 9.87. The van der Waals surface area contributed by atoms with Gasteiger partial charge in [0, 0.05) is 21.5 Å². The average Bonchev–Trinajstić information content (AvgIpc) is 2.92. The van der Waals surface area contributed by atoms with Gasteiger partial charge in [-0.05, 0) is 47.6 Å². The van der Waals surface area contributed by atoms with Crippen LogP contribution >= 0.6 is 15.9 Å². The molecule has 0 bridgehead atoms. The average molecular weight is 565 g/mol. The number of aromatic nitrogens is 3. The fourth-order valence-corrected chi connectivity index (χ4v) is 4.37. The van der Waals surface area contributed by atoms with E-state index in [0.717, 1.165) is 27.6 Å². The van der Waals surface area contributed by atoms with Crippen molar-refractivity contribution in [1.82, 2.24) is 15.0 Å². The number of halogens is 1. The summed E-state index contributed by atoms with van der Waals surface area (Å²) in [6.45, 7) is 12.8. The molecule has 1 heterocycles. The number of allylic oxidation sites excluding steroid dienone is 3. The van der Waals surface area contributed by atoms with Crippen LogP contribution in [0.4, 0.5) is 0 Å². The third kappa shape index (κ3) is 7.02. The Hall–Kier alpha value is -3.63. The Kier molecular flexibility index (Phi) is 8.85. The lowest BCUT2D eigenvalue weighted by Gasteiger charge is -2.18. The molecule has 4 heteroatoms. The van der Waals surface area contributed by atoms with Crippen LogP contribution in [0.15, 0.2) is 102 Å². The van der Waals surface area contributed by atoms with Crippen LogP contribution in [0, 0.1) is 0 Å². The fourth-order valence-electron chi connectivity index (χ4n) is 4.10. The van der Waals surface area contributed by atoms with Crippen LogP contribution in [0.2, 0.25) is 0 Å². The van der Waals surface area contributed by atoms with Crippen LogP contribution in [-0.2, 0) is 5.41 Å². The summed E-state index contributed by atoms with van der Waals surface area (Å²) in [4.78, 5) is 14.6. The van der Waals surface area contributed by atoms with Crippen LogP contribution in [0.1, 0.15) is 62.5 Å². The Balaban J connectivity index is 1.65. The highest BCUT2D eigenvalue weighted by molar-refractivity contribution is 9.10. The molecular formula is C34H34BrN3. The second kappa shape index (κ2) is 12.3. The van der Waals surface area contributed by atoms with E-state index in [1.807, 2.05) is 43.3 Å². The molecule has 38 heavy (non-hydrogen) atoms. The van der Waals surface area contributed by atoms with Gasteiger partial charge in [-0.25, -0.2) is 15.0 Å². The predicted molar refractivity (Wildman–Crippen MR) is 165 cm³/mol. The highest BCUT2D eigenvalue weighted by Crippen LogP contribution is 2.27. The van der Waals surface area contributed by atoms with E-state index < -0.39 is 0 Å². The van der Waals surface area contributed by atoms with E-state index in [9.17, 15) is 0 Å². The Bertz CT molecular complexity index is 1430. The van der Waals surface area contributed by atoms with E-state index in [4.69, 9.17) is 15.0 Å². The molecular weight excluding hydrogens is 530 g/mol. The van der Waals surface area contributed by atoms with Gasteiger partial charge in [0.15, 0.2) is 11.6 Å². The first-order valence-electron chi connectivity index (χ1n) is 12.9. The summed E-state index contributed by atoms with van der Waals surface area (Å²) in [6.07, 6.45) is 11.1. The zero-order valence-electron chi connectivity index (χ0n) is 22.5. The molecule has 0 aliphatic rings. The summed E-state index contributed by atoms with van der Waals surface area (Å²) in [5.41, 5.74) is 5.69. The summed E-state index contributed by atoms with van der Waals surface area (Å²) in [5.74, 6) is 1.99. The number of hydrogen-bond acceptors (Lipinski definition) is 3. The second-order valence-electron chi connectivity index (χ2n) is 10.3. The number of rotatable bonds is 8. The smallest absolute Gasteiger partial charge is 0.163 e. The van der Waals surface area contributed by atoms with E-state index in [-0.39, 0.29) is 11.3 Å². The molecule has 0 aliphatic heterocycles. The first-order valence-corrected chi connectivity index (χ1v) is 13.7. The molecule has 0 radical (unpaired) electrons. The van der Waals surface area contributed by atoms with E-state index >= 15 is 0 Å². The number of benzene rings is 3. The molecule has 3 nitrogen and oxygen atoms in total. The van der Waals surface area contributed by atoms with E-state index in [1.54, 1.807) is 0 Å². The molecule has 1 atom stereocenters. The molecule has 3 aromatic carbocycles. The van der Waals surface area contributed by atoms with Crippen molar-refractivity contribution in [2.45, 2.75) is 45.4 Å². The molecule has 0 fully saturated rings. The first-order chi connectivity index (χ1) is 18.3. The monoisotopic (exact) mass is 563 g/mol. The van der Waals surface area contributed by atoms with Crippen molar-refractivity contribution < 1.29 is 0 Å². The van der Waals surface area contributed by atoms with Crippen molar-refractivity contribution in [3.05, 3.63) is 125 Å². The van der Waals surface area contributed by atoms with Crippen molar-refractivity contribution in [3.63, 3.8) is 0 Å². The third-order valence-electron chi connectivity index (χ3n) is 6.38. The minimum absolute atomic E-state index is 0.0432. The normalized spacial score (nSPS) is 12.8.